The summed E-state index contributed by atoms with van der Waals surface area (Å²) < 4.78 is 11.2. The third kappa shape index (κ3) is 6.09. The molecule has 27 heavy (non-hydrogen) atoms. The van der Waals surface area contributed by atoms with Gasteiger partial charge in [0.2, 0.25) is 11.8 Å². The van der Waals surface area contributed by atoms with E-state index in [1.165, 1.54) is 0 Å². The molecule has 1 aromatic rings. The van der Waals surface area contributed by atoms with E-state index < -0.39 is 5.41 Å². The van der Waals surface area contributed by atoms with E-state index in [0.29, 0.717) is 13.1 Å². The molecule has 1 saturated heterocycles. The maximum Gasteiger partial charge on any atom is 0.242 e. The molecule has 0 spiro atoms. The Balaban J connectivity index is 2.13. The molecule has 152 valence electrons. The van der Waals surface area contributed by atoms with Crippen LogP contribution < -0.4 is 0 Å². The van der Waals surface area contributed by atoms with Crippen LogP contribution in [-0.2, 0) is 20.9 Å². The van der Waals surface area contributed by atoms with Gasteiger partial charge in [0.1, 0.15) is 12.3 Å². The van der Waals surface area contributed by atoms with Crippen molar-refractivity contribution in [3.05, 3.63) is 24.2 Å². The molecule has 2 amide bonds. The van der Waals surface area contributed by atoms with Gasteiger partial charge in [-0.2, -0.15) is 0 Å². The van der Waals surface area contributed by atoms with Crippen molar-refractivity contribution >= 4 is 11.8 Å². The normalized spacial score (nSPS) is 18.3. The van der Waals surface area contributed by atoms with E-state index in [-0.39, 0.29) is 30.5 Å². The average molecular weight is 379 g/mol. The minimum atomic E-state index is -0.524. The number of carbonyl (C=O) groups is 2. The number of nitrogens with zero attached hydrogens (tertiary/aromatic N) is 2. The average Bonchev–Trinajstić information content (AvgIpc) is 3.30. The fourth-order valence-electron chi connectivity index (χ4n) is 3.20. The summed E-state index contributed by atoms with van der Waals surface area (Å²) in [6.45, 7) is 11.4. The monoisotopic (exact) mass is 378 g/mol. The number of hydrogen-bond donors (Lipinski definition) is 0. The van der Waals surface area contributed by atoms with Gasteiger partial charge in [-0.1, -0.05) is 27.7 Å². The van der Waals surface area contributed by atoms with Crippen LogP contribution in [0.2, 0.25) is 0 Å². The second-order valence-corrected chi connectivity index (χ2v) is 8.43. The standard InChI is InChI=1S/C21H34N2O4/c1-6-16(2)23(20(25)21(3,4)5)15-19(24)22(13-17-9-7-11-26-17)14-18-10-8-12-27-18/h7,9,11,16,18H,6,8,10,12-15H2,1-5H3/t16-,18-/m1/s1. The summed E-state index contributed by atoms with van der Waals surface area (Å²) in [5, 5.41) is 0. The topological polar surface area (TPSA) is 63.0 Å². The van der Waals surface area contributed by atoms with Crippen LogP contribution in [0.25, 0.3) is 0 Å². The lowest BCUT2D eigenvalue weighted by Gasteiger charge is -2.35. The van der Waals surface area contributed by atoms with E-state index in [9.17, 15) is 9.59 Å². The van der Waals surface area contributed by atoms with Gasteiger partial charge in [-0.05, 0) is 38.3 Å². The molecule has 6 nitrogen and oxygen atoms in total. The molecule has 0 unspecified atom stereocenters. The predicted molar refractivity (Wildman–Crippen MR) is 104 cm³/mol. The van der Waals surface area contributed by atoms with Crippen LogP contribution in [0.4, 0.5) is 0 Å². The summed E-state index contributed by atoms with van der Waals surface area (Å²) in [5.74, 6) is 0.665. The number of furan rings is 1. The first kappa shape index (κ1) is 21.5. The number of rotatable bonds is 8. The number of ether oxygens (including phenoxy) is 1. The Morgan fingerprint density at radius 1 is 1.33 bits per heavy atom. The van der Waals surface area contributed by atoms with Crippen LogP contribution in [0.1, 0.15) is 59.6 Å². The first-order chi connectivity index (χ1) is 12.7. The maximum absolute atomic E-state index is 13.2. The van der Waals surface area contributed by atoms with Crippen LogP contribution in [-0.4, -0.2) is 53.5 Å². The largest absolute Gasteiger partial charge is 0.467 e. The van der Waals surface area contributed by atoms with Gasteiger partial charge < -0.3 is 19.0 Å². The fraction of sp³-hybridized carbons (Fsp3) is 0.714. The van der Waals surface area contributed by atoms with Gasteiger partial charge in [0.05, 0.1) is 18.9 Å². The van der Waals surface area contributed by atoms with Crippen LogP contribution in [0.5, 0.6) is 0 Å². The number of amides is 2. The van der Waals surface area contributed by atoms with Crippen molar-refractivity contribution in [3.8, 4) is 0 Å². The Morgan fingerprint density at radius 3 is 2.59 bits per heavy atom. The number of carbonyl (C=O) groups excluding carboxylic acids is 2. The lowest BCUT2D eigenvalue weighted by molar-refractivity contribution is -0.148. The molecular formula is C21H34N2O4. The van der Waals surface area contributed by atoms with Gasteiger partial charge >= 0.3 is 0 Å². The lowest BCUT2D eigenvalue weighted by Crippen LogP contribution is -2.50. The summed E-state index contributed by atoms with van der Waals surface area (Å²) >= 11 is 0. The SMILES string of the molecule is CC[C@@H](C)N(CC(=O)N(Cc1ccco1)C[C@H]1CCCO1)C(=O)C(C)(C)C. The van der Waals surface area contributed by atoms with E-state index in [4.69, 9.17) is 9.15 Å². The molecule has 0 aliphatic carbocycles. The van der Waals surface area contributed by atoms with Crippen molar-refractivity contribution in [1.29, 1.82) is 0 Å². The molecule has 0 bridgehead atoms. The highest BCUT2D eigenvalue weighted by Crippen LogP contribution is 2.21. The molecule has 0 aromatic carbocycles. The summed E-state index contributed by atoms with van der Waals surface area (Å²) in [4.78, 5) is 29.5. The second-order valence-electron chi connectivity index (χ2n) is 8.43. The van der Waals surface area contributed by atoms with E-state index in [1.54, 1.807) is 16.1 Å². The zero-order chi connectivity index (χ0) is 20.0. The molecule has 0 radical (unpaired) electrons. The van der Waals surface area contributed by atoms with Gasteiger partial charge in [0.25, 0.3) is 0 Å². The van der Waals surface area contributed by atoms with Crippen molar-refractivity contribution < 1.29 is 18.7 Å². The summed E-state index contributed by atoms with van der Waals surface area (Å²) in [5.41, 5.74) is -0.524. The van der Waals surface area contributed by atoms with Crippen molar-refractivity contribution in [2.75, 3.05) is 19.7 Å². The highest BCUT2D eigenvalue weighted by atomic mass is 16.5. The number of hydrogen-bond acceptors (Lipinski definition) is 4. The molecule has 1 aliphatic rings. The Kier molecular flexibility index (Phi) is 7.48. The molecule has 1 aliphatic heterocycles. The lowest BCUT2D eigenvalue weighted by atomic mass is 9.93. The van der Waals surface area contributed by atoms with Gasteiger partial charge in [-0.15, -0.1) is 0 Å². The smallest absolute Gasteiger partial charge is 0.242 e. The zero-order valence-corrected chi connectivity index (χ0v) is 17.4. The third-order valence-electron chi connectivity index (χ3n) is 5.06. The molecular weight excluding hydrogens is 344 g/mol. The Hall–Kier alpha value is -1.82. The van der Waals surface area contributed by atoms with E-state index in [2.05, 4.69) is 0 Å². The zero-order valence-electron chi connectivity index (χ0n) is 17.4. The quantitative estimate of drug-likeness (QED) is 0.695. The van der Waals surface area contributed by atoms with Crippen molar-refractivity contribution in [3.63, 3.8) is 0 Å². The third-order valence-corrected chi connectivity index (χ3v) is 5.06. The van der Waals surface area contributed by atoms with Gasteiger partial charge in [0.15, 0.2) is 0 Å². The summed E-state index contributed by atoms with van der Waals surface area (Å²) in [6, 6.07) is 3.69. The molecule has 1 aromatic heterocycles. The van der Waals surface area contributed by atoms with E-state index >= 15 is 0 Å². The molecule has 0 N–H and O–H groups in total. The van der Waals surface area contributed by atoms with E-state index in [1.807, 2.05) is 46.8 Å². The minimum Gasteiger partial charge on any atom is -0.467 e. The first-order valence-corrected chi connectivity index (χ1v) is 9.95. The molecule has 2 heterocycles. The highest BCUT2D eigenvalue weighted by molar-refractivity contribution is 5.87. The molecule has 0 saturated carbocycles. The van der Waals surface area contributed by atoms with Crippen LogP contribution in [0.15, 0.2) is 22.8 Å². The predicted octanol–water partition coefficient (Wildman–Crippen LogP) is 3.46. The molecule has 2 atom stereocenters. The molecule has 6 heteroatoms. The summed E-state index contributed by atoms with van der Waals surface area (Å²) in [6.07, 6.45) is 4.45. The van der Waals surface area contributed by atoms with Gasteiger partial charge in [-0.25, -0.2) is 0 Å². The molecule has 2 rings (SSSR count). The first-order valence-electron chi connectivity index (χ1n) is 9.95. The Morgan fingerprint density at radius 2 is 2.07 bits per heavy atom. The summed E-state index contributed by atoms with van der Waals surface area (Å²) in [7, 11) is 0. The fourth-order valence-corrected chi connectivity index (χ4v) is 3.20. The van der Waals surface area contributed by atoms with Crippen molar-refractivity contribution in [1.82, 2.24) is 9.80 Å². The maximum atomic E-state index is 13.2. The highest BCUT2D eigenvalue weighted by Gasteiger charge is 2.33. The Bertz CT molecular complexity index is 600. The van der Waals surface area contributed by atoms with Crippen LogP contribution >= 0.6 is 0 Å². The van der Waals surface area contributed by atoms with E-state index in [0.717, 1.165) is 31.6 Å². The van der Waals surface area contributed by atoms with Crippen molar-refractivity contribution in [2.24, 2.45) is 5.41 Å². The minimum absolute atomic E-state index is 0.000245. The Labute approximate surface area is 162 Å². The molecule has 1 fully saturated rings. The van der Waals surface area contributed by atoms with Gasteiger partial charge in [0, 0.05) is 24.6 Å². The van der Waals surface area contributed by atoms with Crippen LogP contribution in [0.3, 0.4) is 0 Å². The van der Waals surface area contributed by atoms with Crippen LogP contribution in [0, 0.1) is 5.41 Å². The van der Waals surface area contributed by atoms with Crippen molar-refractivity contribution in [2.45, 2.75) is 72.6 Å². The second kappa shape index (κ2) is 9.40. The van der Waals surface area contributed by atoms with Gasteiger partial charge in [-0.3, -0.25) is 9.59 Å².